The number of hydrogen-bond acceptors (Lipinski definition) is 5. The zero-order chi connectivity index (χ0) is 14.9. The lowest BCUT2D eigenvalue weighted by Crippen LogP contribution is -2.39. The fraction of sp³-hybridized carbons (Fsp3) is 0.455. The zero-order valence-electron chi connectivity index (χ0n) is 10.5. The molecule has 0 saturated heterocycles. The van der Waals surface area contributed by atoms with Gasteiger partial charge in [0.25, 0.3) is 5.56 Å². The lowest BCUT2D eigenvalue weighted by Gasteiger charge is -2.21. The molecule has 0 saturated carbocycles. The van der Waals surface area contributed by atoms with Crippen LogP contribution in [0.4, 0.5) is 13.2 Å². The van der Waals surface area contributed by atoms with Gasteiger partial charge in [0, 0.05) is 30.7 Å². The van der Waals surface area contributed by atoms with Gasteiger partial charge in [0.1, 0.15) is 0 Å². The lowest BCUT2D eigenvalue weighted by molar-refractivity contribution is -0.207. The Morgan fingerprint density at radius 1 is 1.55 bits per heavy atom. The highest BCUT2D eigenvalue weighted by atomic mass is 32.1. The molecular formula is C11H12F3N3O2S. The van der Waals surface area contributed by atoms with Crippen molar-refractivity contribution in [3.8, 4) is 0 Å². The van der Waals surface area contributed by atoms with E-state index in [1.807, 2.05) is 0 Å². The second-order valence-corrected chi connectivity index (χ2v) is 5.27. The minimum atomic E-state index is -4.65. The Kier molecular flexibility index (Phi) is 4.11. The van der Waals surface area contributed by atoms with Gasteiger partial charge in [0.05, 0.1) is 5.69 Å². The number of hydrogen-bond donors (Lipinski definition) is 1. The second-order valence-electron chi connectivity index (χ2n) is 4.40. The largest absolute Gasteiger partial charge is 0.415 e. The molecule has 1 atom stereocenters. The molecule has 1 N–H and O–H groups in total. The van der Waals surface area contributed by atoms with Crippen LogP contribution in [-0.2, 0) is 6.54 Å². The molecule has 0 aliphatic rings. The maximum Gasteiger partial charge on any atom is 0.415 e. The number of thiazole rings is 1. The quantitative estimate of drug-likeness (QED) is 0.919. The highest BCUT2D eigenvalue weighted by Gasteiger charge is 2.38. The molecule has 0 aliphatic carbocycles. The second kappa shape index (κ2) is 5.51. The number of fused-ring (bicyclic) bond motifs is 1. The van der Waals surface area contributed by atoms with E-state index in [1.54, 1.807) is 11.6 Å². The van der Waals surface area contributed by atoms with Gasteiger partial charge in [0.2, 0.25) is 0 Å². The van der Waals surface area contributed by atoms with E-state index in [9.17, 15) is 18.0 Å². The van der Waals surface area contributed by atoms with E-state index in [2.05, 4.69) is 4.98 Å². The molecule has 0 radical (unpaired) electrons. The third-order valence-electron chi connectivity index (χ3n) is 2.65. The van der Waals surface area contributed by atoms with Gasteiger partial charge in [-0.05, 0) is 7.05 Å². The summed E-state index contributed by atoms with van der Waals surface area (Å²) >= 11 is 1.26. The van der Waals surface area contributed by atoms with E-state index in [0.29, 0.717) is 10.7 Å². The van der Waals surface area contributed by atoms with Crippen LogP contribution in [-0.4, -0.2) is 45.3 Å². The minimum Gasteiger partial charge on any atom is -0.382 e. The minimum absolute atomic E-state index is 0.0524. The first-order valence-corrected chi connectivity index (χ1v) is 6.54. The summed E-state index contributed by atoms with van der Waals surface area (Å²) in [4.78, 5) is 17.6. The Morgan fingerprint density at radius 2 is 2.25 bits per heavy atom. The molecule has 5 nitrogen and oxygen atoms in total. The van der Waals surface area contributed by atoms with Crippen molar-refractivity contribution in [2.24, 2.45) is 0 Å². The maximum absolute atomic E-state index is 12.2. The molecule has 0 aromatic carbocycles. The lowest BCUT2D eigenvalue weighted by atomic mass is 10.3. The summed E-state index contributed by atoms with van der Waals surface area (Å²) in [5, 5.41) is 10.7. The molecule has 2 aromatic rings. The van der Waals surface area contributed by atoms with E-state index in [0.717, 1.165) is 0 Å². The van der Waals surface area contributed by atoms with Gasteiger partial charge in [-0.15, -0.1) is 11.3 Å². The average molecular weight is 307 g/mol. The normalized spacial score (nSPS) is 14.1. The van der Waals surface area contributed by atoms with Crippen LogP contribution in [0.3, 0.4) is 0 Å². The smallest absolute Gasteiger partial charge is 0.382 e. The predicted octanol–water partition coefficient (Wildman–Crippen LogP) is 1.11. The van der Waals surface area contributed by atoms with Crippen molar-refractivity contribution < 1.29 is 18.3 Å². The van der Waals surface area contributed by atoms with Gasteiger partial charge < -0.3 is 5.11 Å². The number of alkyl halides is 3. The maximum atomic E-state index is 12.2. The van der Waals surface area contributed by atoms with E-state index in [1.165, 1.54) is 33.8 Å². The fourth-order valence-corrected chi connectivity index (χ4v) is 2.45. The van der Waals surface area contributed by atoms with Gasteiger partial charge in [-0.2, -0.15) is 13.2 Å². The molecule has 1 unspecified atom stereocenters. The Bertz CT molecular complexity index is 652. The van der Waals surface area contributed by atoms with Crippen LogP contribution in [0, 0.1) is 0 Å². The van der Waals surface area contributed by atoms with Crippen molar-refractivity contribution in [1.29, 1.82) is 0 Å². The number of rotatable bonds is 4. The SMILES string of the molecule is CN(Cc1cc(=O)n2ccsc2n1)CC(O)C(F)(F)F. The molecule has 110 valence electrons. The van der Waals surface area contributed by atoms with Crippen LogP contribution in [0.15, 0.2) is 22.4 Å². The molecule has 2 rings (SSSR count). The van der Waals surface area contributed by atoms with Crippen LogP contribution >= 0.6 is 11.3 Å². The van der Waals surface area contributed by atoms with Crippen molar-refractivity contribution in [2.45, 2.75) is 18.8 Å². The highest BCUT2D eigenvalue weighted by Crippen LogP contribution is 2.20. The molecule has 0 amide bonds. The molecule has 2 heterocycles. The van der Waals surface area contributed by atoms with Gasteiger partial charge in [-0.25, -0.2) is 4.98 Å². The first-order chi connectivity index (χ1) is 9.27. The van der Waals surface area contributed by atoms with Gasteiger partial charge in [0.15, 0.2) is 11.1 Å². The van der Waals surface area contributed by atoms with E-state index in [-0.39, 0.29) is 12.1 Å². The molecule has 0 bridgehead atoms. The molecule has 0 fully saturated rings. The van der Waals surface area contributed by atoms with Crippen LogP contribution in [0.5, 0.6) is 0 Å². The van der Waals surface area contributed by atoms with Crippen LogP contribution in [0.25, 0.3) is 4.96 Å². The van der Waals surface area contributed by atoms with Gasteiger partial charge in [-0.3, -0.25) is 14.1 Å². The topological polar surface area (TPSA) is 57.8 Å². The summed E-state index contributed by atoms with van der Waals surface area (Å²) in [6, 6.07) is 1.27. The van der Waals surface area contributed by atoms with E-state index in [4.69, 9.17) is 5.11 Å². The highest BCUT2D eigenvalue weighted by molar-refractivity contribution is 7.15. The Balaban J connectivity index is 2.10. The van der Waals surface area contributed by atoms with Crippen LogP contribution in [0.2, 0.25) is 0 Å². The predicted molar refractivity (Wildman–Crippen MR) is 67.7 cm³/mol. The van der Waals surface area contributed by atoms with Crippen molar-refractivity contribution in [2.75, 3.05) is 13.6 Å². The number of aromatic nitrogens is 2. The van der Waals surface area contributed by atoms with E-state index < -0.39 is 18.8 Å². The summed E-state index contributed by atoms with van der Waals surface area (Å²) in [7, 11) is 1.42. The monoisotopic (exact) mass is 307 g/mol. The first kappa shape index (κ1) is 14.9. The average Bonchev–Trinajstić information content (AvgIpc) is 2.75. The molecule has 0 spiro atoms. The summed E-state index contributed by atoms with van der Waals surface area (Å²) in [6.45, 7) is -0.522. The van der Waals surface area contributed by atoms with Crippen LogP contribution in [0.1, 0.15) is 5.69 Å². The number of aliphatic hydroxyl groups excluding tert-OH is 1. The Morgan fingerprint density at radius 3 is 2.90 bits per heavy atom. The Labute approximate surface area is 115 Å². The molecule has 0 aliphatic heterocycles. The first-order valence-electron chi connectivity index (χ1n) is 5.66. The third-order valence-corrected chi connectivity index (χ3v) is 3.41. The summed E-state index contributed by atoms with van der Waals surface area (Å²) in [5.41, 5.74) is 0.0883. The van der Waals surface area contributed by atoms with E-state index >= 15 is 0 Å². The standard InChI is InChI=1S/C11H12F3N3O2S/c1-16(6-8(18)11(12,13)14)5-7-4-9(19)17-2-3-20-10(17)15-7/h2-4,8,18H,5-6H2,1H3. The molecular weight excluding hydrogens is 295 g/mol. The van der Waals surface area contributed by atoms with Crippen molar-refractivity contribution >= 4 is 16.3 Å². The zero-order valence-corrected chi connectivity index (χ0v) is 11.3. The third kappa shape index (κ3) is 3.35. The Hall–Kier alpha value is -1.45. The molecule has 2 aromatic heterocycles. The number of likely N-dealkylation sites (N-methyl/N-ethyl adjacent to an activating group) is 1. The molecule has 9 heteroatoms. The number of aliphatic hydroxyl groups is 1. The van der Waals surface area contributed by atoms with Crippen LogP contribution < -0.4 is 5.56 Å². The summed E-state index contributed by atoms with van der Waals surface area (Å²) in [5.74, 6) is 0. The van der Waals surface area contributed by atoms with Crippen molar-refractivity contribution in [1.82, 2.24) is 14.3 Å². The number of halogens is 3. The van der Waals surface area contributed by atoms with Crippen molar-refractivity contribution in [3.05, 3.63) is 33.7 Å². The number of nitrogens with zero attached hydrogens (tertiary/aromatic N) is 3. The summed E-state index contributed by atoms with van der Waals surface area (Å²) < 4.78 is 38.1. The van der Waals surface area contributed by atoms with Crippen molar-refractivity contribution in [3.63, 3.8) is 0 Å². The molecule has 20 heavy (non-hydrogen) atoms. The summed E-state index contributed by atoms with van der Waals surface area (Å²) in [6.07, 6.45) is -5.49. The van der Waals surface area contributed by atoms with Gasteiger partial charge in [-0.1, -0.05) is 0 Å². The fourth-order valence-electron chi connectivity index (χ4n) is 1.71. The van der Waals surface area contributed by atoms with Gasteiger partial charge >= 0.3 is 6.18 Å².